The summed E-state index contributed by atoms with van der Waals surface area (Å²) >= 11 is 0. The summed E-state index contributed by atoms with van der Waals surface area (Å²) < 4.78 is 0. The van der Waals surface area contributed by atoms with E-state index < -0.39 is 0 Å². The Bertz CT molecular complexity index is 54.4. The van der Waals surface area contributed by atoms with Crippen molar-refractivity contribution in [3.8, 4) is 0 Å². The molecule has 0 aliphatic rings. The summed E-state index contributed by atoms with van der Waals surface area (Å²) in [4.78, 5) is 0. The van der Waals surface area contributed by atoms with E-state index in [9.17, 15) is 0 Å². The fourth-order valence-corrected chi connectivity index (χ4v) is 1.09. The highest BCUT2D eigenvalue weighted by atomic mass is 16.3. The molecule has 3 nitrogen and oxygen atoms in total. The van der Waals surface area contributed by atoms with Crippen LogP contribution in [0.1, 0.15) is 19.3 Å². The van der Waals surface area contributed by atoms with E-state index in [1.54, 1.807) is 0 Å². The molecular formula is C7H18N2O. The van der Waals surface area contributed by atoms with Gasteiger partial charge >= 0.3 is 0 Å². The zero-order valence-electron chi connectivity index (χ0n) is 6.42. The van der Waals surface area contributed by atoms with Gasteiger partial charge in [0.1, 0.15) is 0 Å². The molecule has 5 N–H and O–H groups in total. The first kappa shape index (κ1) is 9.88. The maximum absolute atomic E-state index is 8.61. The number of aliphatic hydroxyl groups is 1. The lowest BCUT2D eigenvalue weighted by Crippen LogP contribution is -2.14. The molecule has 0 saturated carbocycles. The number of hydrogen-bond donors (Lipinski definition) is 3. The first-order chi connectivity index (χ1) is 4.85. The fourth-order valence-electron chi connectivity index (χ4n) is 1.09. The summed E-state index contributed by atoms with van der Waals surface area (Å²) in [5, 5.41) is 8.61. The van der Waals surface area contributed by atoms with Gasteiger partial charge in [-0.15, -0.1) is 0 Å². The van der Waals surface area contributed by atoms with Gasteiger partial charge in [0.15, 0.2) is 0 Å². The molecule has 0 aromatic heterocycles. The van der Waals surface area contributed by atoms with Crippen LogP contribution in [0.3, 0.4) is 0 Å². The monoisotopic (exact) mass is 146 g/mol. The van der Waals surface area contributed by atoms with Crippen molar-refractivity contribution in [1.29, 1.82) is 0 Å². The highest BCUT2D eigenvalue weighted by Gasteiger charge is 2.04. The standard InChI is InChI=1S/C7H18N2O/c8-4-1-7(2-5-9)3-6-10/h7,10H,1-6,8-9H2. The minimum atomic E-state index is 0.255. The van der Waals surface area contributed by atoms with Crippen LogP contribution < -0.4 is 11.5 Å². The molecule has 0 rings (SSSR count). The minimum Gasteiger partial charge on any atom is -0.396 e. The molecule has 0 aromatic carbocycles. The SMILES string of the molecule is NCCC(CCN)CCO. The molecule has 0 saturated heterocycles. The van der Waals surface area contributed by atoms with Crippen LogP contribution in [0.25, 0.3) is 0 Å². The lowest BCUT2D eigenvalue weighted by Gasteiger charge is -2.12. The van der Waals surface area contributed by atoms with Crippen LogP contribution >= 0.6 is 0 Å². The molecule has 0 heterocycles. The van der Waals surface area contributed by atoms with Crippen LogP contribution in [-0.4, -0.2) is 24.8 Å². The van der Waals surface area contributed by atoms with Crippen molar-refractivity contribution in [1.82, 2.24) is 0 Å². The predicted molar refractivity (Wildman–Crippen MR) is 42.5 cm³/mol. The third-order valence-corrected chi connectivity index (χ3v) is 1.69. The van der Waals surface area contributed by atoms with Gasteiger partial charge in [-0.1, -0.05) is 0 Å². The van der Waals surface area contributed by atoms with E-state index in [0.29, 0.717) is 19.0 Å². The van der Waals surface area contributed by atoms with Gasteiger partial charge in [-0.25, -0.2) is 0 Å². The Morgan fingerprint density at radius 1 is 1.00 bits per heavy atom. The molecule has 0 aliphatic heterocycles. The largest absolute Gasteiger partial charge is 0.396 e. The van der Waals surface area contributed by atoms with E-state index in [1.807, 2.05) is 0 Å². The summed E-state index contributed by atoms with van der Waals surface area (Å²) in [6, 6.07) is 0. The second-order valence-electron chi connectivity index (χ2n) is 2.53. The Morgan fingerprint density at radius 2 is 1.50 bits per heavy atom. The number of nitrogens with two attached hydrogens (primary N) is 2. The maximum Gasteiger partial charge on any atom is 0.0433 e. The van der Waals surface area contributed by atoms with Crippen molar-refractivity contribution >= 4 is 0 Å². The van der Waals surface area contributed by atoms with Crippen molar-refractivity contribution in [2.45, 2.75) is 19.3 Å². The van der Waals surface area contributed by atoms with Gasteiger partial charge in [-0.05, 0) is 38.3 Å². The van der Waals surface area contributed by atoms with Crippen molar-refractivity contribution in [3.05, 3.63) is 0 Å². The van der Waals surface area contributed by atoms with Crippen molar-refractivity contribution in [2.24, 2.45) is 17.4 Å². The molecule has 3 heteroatoms. The zero-order chi connectivity index (χ0) is 7.82. The summed E-state index contributed by atoms with van der Waals surface area (Å²) in [6.45, 7) is 1.65. The Balaban J connectivity index is 3.30. The van der Waals surface area contributed by atoms with Gasteiger partial charge in [0.2, 0.25) is 0 Å². The first-order valence-corrected chi connectivity index (χ1v) is 3.86. The van der Waals surface area contributed by atoms with Crippen LogP contribution in [0.4, 0.5) is 0 Å². The first-order valence-electron chi connectivity index (χ1n) is 3.86. The van der Waals surface area contributed by atoms with E-state index in [-0.39, 0.29) is 6.61 Å². The highest BCUT2D eigenvalue weighted by molar-refractivity contribution is 4.59. The Hall–Kier alpha value is -0.120. The molecule has 10 heavy (non-hydrogen) atoms. The average molecular weight is 146 g/mol. The van der Waals surface area contributed by atoms with Crippen LogP contribution in [0.5, 0.6) is 0 Å². The highest BCUT2D eigenvalue weighted by Crippen LogP contribution is 2.10. The topological polar surface area (TPSA) is 72.3 Å². The quantitative estimate of drug-likeness (QED) is 0.481. The summed E-state index contributed by atoms with van der Waals surface area (Å²) in [5.74, 6) is 0.528. The van der Waals surface area contributed by atoms with Crippen LogP contribution in [0.2, 0.25) is 0 Å². The smallest absolute Gasteiger partial charge is 0.0433 e. The average Bonchev–Trinajstić information content (AvgIpc) is 1.90. The molecule has 0 atom stereocenters. The molecule has 62 valence electrons. The molecule has 0 spiro atoms. The molecule has 0 radical (unpaired) electrons. The van der Waals surface area contributed by atoms with E-state index >= 15 is 0 Å². The van der Waals surface area contributed by atoms with Gasteiger partial charge in [0.05, 0.1) is 0 Å². The van der Waals surface area contributed by atoms with Crippen molar-refractivity contribution in [3.63, 3.8) is 0 Å². The predicted octanol–water partition coefficient (Wildman–Crippen LogP) is -0.317. The Kier molecular flexibility index (Phi) is 6.91. The number of hydrogen-bond acceptors (Lipinski definition) is 3. The second kappa shape index (κ2) is 6.99. The number of aliphatic hydroxyl groups excluding tert-OH is 1. The van der Waals surface area contributed by atoms with Gasteiger partial charge in [0, 0.05) is 6.61 Å². The van der Waals surface area contributed by atoms with Crippen LogP contribution in [0.15, 0.2) is 0 Å². The molecule has 0 fully saturated rings. The van der Waals surface area contributed by atoms with Crippen LogP contribution in [-0.2, 0) is 0 Å². The molecule has 0 aromatic rings. The second-order valence-corrected chi connectivity index (χ2v) is 2.53. The minimum absolute atomic E-state index is 0.255. The zero-order valence-corrected chi connectivity index (χ0v) is 6.42. The van der Waals surface area contributed by atoms with E-state index in [4.69, 9.17) is 16.6 Å². The van der Waals surface area contributed by atoms with Gasteiger partial charge in [-0.3, -0.25) is 0 Å². The molecule has 0 amide bonds. The van der Waals surface area contributed by atoms with Gasteiger partial charge in [-0.2, -0.15) is 0 Å². The van der Waals surface area contributed by atoms with E-state index in [1.165, 1.54) is 0 Å². The molecule has 0 unspecified atom stereocenters. The number of rotatable bonds is 6. The Labute approximate surface area is 62.4 Å². The van der Waals surface area contributed by atoms with E-state index in [2.05, 4.69) is 0 Å². The Morgan fingerprint density at radius 3 is 1.80 bits per heavy atom. The fraction of sp³-hybridized carbons (Fsp3) is 1.00. The van der Waals surface area contributed by atoms with Crippen molar-refractivity contribution in [2.75, 3.05) is 19.7 Å². The summed E-state index contributed by atoms with van der Waals surface area (Å²) in [6.07, 6.45) is 2.81. The third-order valence-electron chi connectivity index (χ3n) is 1.69. The lowest BCUT2D eigenvalue weighted by molar-refractivity contribution is 0.249. The summed E-state index contributed by atoms with van der Waals surface area (Å²) in [7, 11) is 0. The van der Waals surface area contributed by atoms with Crippen LogP contribution in [0, 0.1) is 5.92 Å². The van der Waals surface area contributed by atoms with Gasteiger partial charge < -0.3 is 16.6 Å². The van der Waals surface area contributed by atoms with E-state index in [0.717, 1.165) is 19.3 Å². The van der Waals surface area contributed by atoms with Gasteiger partial charge in [0.25, 0.3) is 0 Å². The normalized spacial score (nSPS) is 10.8. The molecule has 0 bridgehead atoms. The maximum atomic E-state index is 8.61. The van der Waals surface area contributed by atoms with Crippen molar-refractivity contribution < 1.29 is 5.11 Å². The molecular weight excluding hydrogens is 128 g/mol. The summed E-state index contributed by atoms with van der Waals surface area (Å²) in [5.41, 5.74) is 10.7. The lowest BCUT2D eigenvalue weighted by atomic mass is 9.98. The third kappa shape index (κ3) is 4.73. The molecule has 0 aliphatic carbocycles.